The topological polar surface area (TPSA) is 29.5 Å². The maximum absolute atomic E-state index is 12.3. The zero-order valence-corrected chi connectivity index (χ0v) is 12.3. The van der Waals surface area contributed by atoms with Crippen LogP contribution in [0.4, 0.5) is 0 Å². The lowest BCUT2D eigenvalue weighted by Crippen LogP contribution is -2.34. The highest BCUT2D eigenvalue weighted by molar-refractivity contribution is 5.89. The molecule has 0 N–H and O–H groups in total. The summed E-state index contributed by atoms with van der Waals surface area (Å²) in [5.41, 5.74) is 2.99. The molecule has 3 heteroatoms. The van der Waals surface area contributed by atoms with Crippen LogP contribution in [0.2, 0.25) is 0 Å². The van der Waals surface area contributed by atoms with Crippen molar-refractivity contribution in [1.82, 2.24) is 4.90 Å². The average molecular weight is 281 g/mol. The minimum absolute atomic E-state index is 0.190. The number of likely N-dealkylation sites (N-methyl/N-ethyl adjacent to an activating group) is 1. The molecule has 21 heavy (non-hydrogen) atoms. The number of ether oxygens (including phenoxy) is 1. The molecule has 3 nitrogen and oxygen atoms in total. The van der Waals surface area contributed by atoms with Gasteiger partial charge in [-0.1, -0.05) is 42.5 Å². The third-order valence-electron chi connectivity index (χ3n) is 4.05. The first-order valence-electron chi connectivity index (χ1n) is 7.17. The van der Waals surface area contributed by atoms with Crippen molar-refractivity contribution in [2.75, 3.05) is 14.1 Å². The Kier molecular flexibility index (Phi) is 3.76. The summed E-state index contributed by atoms with van der Waals surface area (Å²) in [5.74, 6) is -0.260. The Morgan fingerprint density at radius 2 is 1.71 bits per heavy atom. The fourth-order valence-corrected chi connectivity index (χ4v) is 2.89. The van der Waals surface area contributed by atoms with Crippen molar-refractivity contribution in [2.45, 2.75) is 18.6 Å². The Bertz CT molecular complexity index is 637. The van der Waals surface area contributed by atoms with Crippen molar-refractivity contribution < 1.29 is 9.53 Å². The zero-order chi connectivity index (χ0) is 14.8. The molecular formula is C18H19NO2. The Labute approximate surface area is 125 Å². The van der Waals surface area contributed by atoms with Crippen molar-refractivity contribution in [3.63, 3.8) is 0 Å². The normalized spacial score (nSPS) is 20.3. The number of nitrogens with zero attached hydrogens (tertiary/aromatic N) is 1. The van der Waals surface area contributed by atoms with E-state index in [2.05, 4.69) is 17.0 Å². The van der Waals surface area contributed by atoms with Crippen LogP contribution in [0.25, 0.3) is 0 Å². The lowest BCUT2D eigenvalue weighted by molar-refractivity contribution is 0.0108. The molecule has 0 heterocycles. The second-order valence-electron chi connectivity index (χ2n) is 5.63. The highest BCUT2D eigenvalue weighted by Crippen LogP contribution is 2.36. The van der Waals surface area contributed by atoms with Crippen LogP contribution in [0.3, 0.4) is 0 Å². The highest BCUT2D eigenvalue weighted by atomic mass is 16.5. The molecule has 3 rings (SSSR count). The minimum Gasteiger partial charge on any atom is -0.452 e. The minimum atomic E-state index is -0.260. The molecule has 0 bridgehead atoms. The van der Waals surface area contributed by atoms with Gasteiger partial charge in [0.2, 0.25) is 0 Å². The van der Waals surface area contributed by atoms with E-state index in [-0.39, 0.29) is 18.1 Å². The van der Waals surface area contributed by atoms with Crippen LogP contribution in [-0.4, -0.2) is 31.0 Å². The van der Waals surface area contributed by atoms with Gasteiger partial charge in [-0.3, -0.25) is 0 Å². The van der Waals surface area contributed by atoms with Crippen LogP contribution >= 0.6 is 0 Å². The van der Waals surface area contributed by atoms with Crippen LogP contribution in [0.15, 0.2) is 54.6 Å². The summed E-state index contributed by atoms with van der Waals surface area (Å²) < 4.78 is 5.82. The Morgan fingerprint density at radius 1 is 1.05 bits per heavy atom. The summed E-state index contributed by atoms with van der Waals surface area (Å²) in [6, 6.07) is 17.6. The summed E-state index contributed by atoms with van der Waals surface area (Å²) in [6.07, 6.45) is 0.708. The Hall–Kier alpha value is -2.13. The first-order chi connectivity index (χ1) is 10.2. The molecule has 0 amide bonds. The molecule has 0 aromatic heterocycles. The molecule has 2 unspecified atom stereocenters. The van der Waals surface area contributed by atoms with Gasteiger partial charge in [0.1, 0.15) is 6.10 Å². The number of benzene rings is 2. The van der Waals surface area contributed by atoms with Crippen molar-refractivity contribution in [1.29, 1.82) is 0 Å². The smallest absolute Gasteiger partial charge is 0.338 e. The number of fused-ring (bicyclic) bond motifs is 1. The van der Waals surface area contributed by atoms with E-state index in [9.17, 15) is 4.79 Å². The van der Waals surface area contributed by atoms with Gasteiger partial charge in [-0.15, -0.1) is 0 Å². The molecule has 0 spiro atoms. The summed E-state index contributed by atoms with van der Waals surface area (Å²) in [4.78, 5) is 14.5. The second kappa shape index (κ2) is 5.70. The van der Waals surface area contributed by atoms with E-state index < -0.39 is 0 Å². The highest BCUT2D eigenvalue weighted by Gasteiger charge is 2.36. The molecule has 2 aromatic rings. The number of hydrogen-bond donors (Lipinski definition) is 0. The van der Waals surface area contributed by atoms with Crippen molar-refractivity contribution >= 4 is 5.97 Å². The van der Waals surface area contributed by atoms with Gasteiger partial charge in [0, 0.05) is 0 Å². The molecule has 2 atom stereocenters. The lowest BCUT2D eigenvalue weighted by Gasteiger charge is -2.26. The second-order valence-corrected chi connectivity index (χ2v) is 5.63. The summed E-state index contributed by atoms with van der Waals surface area (Å²) in [7, 11) is 4.06. The standard InChI is InChI=1S/C18H19NO2/c1-19(2)16-12-14-10-6-7-11-15(14)17(16)21-18(20)13-8-4-3-5-9-13/h3-11,16-17H,12H2,1-2H3. The van der Waals surface area contributed by atoms with Gasteiger partial charge in [-0.05, 0) is 43.8 Å². The molecule has 0 radical (unpaired) electrons. The number of rotatable bonds is 3. The van der Waals surface area contributed by atoms with Gasteiger partial charge >= 0.3 is 5.97 Å². The van der Waals surface area contributed by atoms with Gasteiger partial charge in [-0.2, -0.15) is 0 Å². The van der Waals surface area contributed by atoms with E-state index in [4.69, 9.17) is 4.74 Å². The lowest BCUT2D eigenvalue weighted by atomic mass is 10.1. The Balaban J connectivity index is 1.87. The van der Waals surface area contributed by atoms with Crippen LogP contribution in [0.5, 0.6) is 0 Å². The molecule has 108 valence electrons. The van der Waals surface area contributed by atoms with Crippen molar-refractivity contribution in [3.05, 3.63) is 71.3 Å². The number of carbonyl (C=O) groups excluding carboxylic acids is 1. The summed E-state index contributed by atoms with van der Waals surface area (Å²) >= 11 is 0. The summed E-state index contributed by atoms with van der Waals surface area (Å²) in [5, 5.41) is 0. The molecule has 0 aliphatic heterocycles. The van der Waals surface area contributed by atoms with Crippen molar-refractivity contribution in [2.24, 2.45) is 0 Å². The maximum atomic E-state index is 12.3. The van der Waals surface area contributed by atoms with E-state index in [1.54, 1.807) is 12.1 Å². The van der Waals surface area contributed by atoms with Crippen LogP contribution in [0, 0.1) is 0 Å². The maximum Gasteiger partial charge on any atom is 0.338 e. The van der Waals surface area contributed by atoms with Crippen molar-refractivity contribution in [3.8, 4) is 0 Å². The molecular weight excluding hydrogens is 262 g/mol. The monoisotopic (exact) mass is 281 g/mol. The molecule has 1 aliphatic carbocycles. The first-order valence-corrected chi connectivity index (χ1v) is 7.17. The van der Waals surface area contributed by atoms with Crippen LogP contribution in [0.1, 0.15) is 27.6 Å². The average Bonchev–Trinajstić information content (AvgIpc) is 2.87. The molecule has 2 aromatic carbocycles. The largest absolute Gasteiger partial charge is 0.452 e. The number of esters is 1. The predicted molar refractivity (Wildman–Crippen MR) is 82.2 cm³/mol. The van der Waals surface area contributed by atoms with Gasteiger partial charge in [0.05, 0.1) is 11.6 Å². The molecule has 0 saturated carbocycles. The van der Waals surface area contributed by atoms with Gasteiger partial charge in [0.25, 0.3) is 0 Å². The molecule has 0 fully saturated rings. The predicted octanol–water partition coefficient (Wildman–Crippen LogP) is 3.07. The van der Waals surface area contributed by atoms with Crippen LogP contribution < -0.4 is 0 Å². The Morgan fingerprint density at radius 3 is 2.43 bits per heavy atom. The summed E-state index contributed by atoms with van der Waals surface area (Å²) in [6.45, 7) is 0. The van der Waals surface area contributed by atoms with Crippen LogP contribution in [-0.2, 0) is 11.2 Å². The van der Waals surface area contributed by atoms with E-state index in [1.165, 1.54) is 5.56 Å². The molecule has 0 saturated heterocycles. The van der Waals surface area contributed by atoms with E-state index >= 15 is 0 Å². The number of carbonyl (C=O) groups is 1. The van der Waals surface area contributed by atoms with Gasteiger partial charge < -0.3 is 9.64 Å². The third kappa shape index (κ3) is 2.69. The third-order valence-corrected chi connectivity index (χ3v) is 4.05. The SMILES string of the molecule is CN(C)C1Cc2ccccc2C1OC(=O)c1ccccc1. The van der Waals surface area contributed by atoms with Gasteiger partial charge in [0.15, 0.2) is 0 Å². The first kappa shape index (κ1) is 13.8. The zero-order valence-electron chi connectivity index (χ0n) is 12.3. The van der Waals surface area contributed by atoms with Gasteiger partial charge in [-0.25, -0.2) is 4.79 Å². The fraction of sp³-hybridized carbons (Fsp3) is 0.278. The van der Waals surface area contributed by atoms with E-state index in [1.807, 2.05) is 44.4 Å². The quantitative estimate of drug-likeness (QED) is 0.810. The fourth-order valence-electron chi connectivity index (χ4n) is 2.89. The molecule has 1 aliphatic rings. The van der Waals surface area contributed by atoms with E-state index in [0.717, 1.165) is 12.0 Å². The van der Waals surface area contributed by atoms with E-state index in [0.29, 0.717) is 5.56 Å². The number of hydrogen-bond acceptors (Lipinski definition) is 3.